The fraction of sp³-hybridized carbons (Fsp3) is 0.261. The van der Waals surface area contributed by atoms with Crippen molar-refractivity contribution in [3.05, 3.63) is 72.9 Å². The Balaban J connectivity index is 1.28. The van der Waals surface area contributed by atoms with E-state index in [-0.39, 0.29) is 11.4 Å². The Morgan fingerprint density at radius 1 is 1.13 bits per heavy atom. The molecule has 7 nitrogen and oxygen atoms in total. The van der Waals surface area contributed by atoms with Crippen molar-refractivity contribution < 1.29 is 9.53 Å². The van der Waals surface area contributed by atoms with Crippen LogP contribution in [0, 0.1) is 0 Å². The van der Waals surface area contributed by atoms with Crippen molar-refractivity contribution in [1.82, 2.24) is 18.9 Å². The summed E-state index contributed by atoms with van der Waals surface area (Å²) in [5.41, 5.74) is 2.40. The highest BCUT2D eigenvalue weighted by Gasteiger charge is 2.17. The van der Waals surface area contributed by atoms with Gasteiger partial charge in [-0.2, -0.15) is 0 Å². The second kappa shape index (κ2) is 8.85. The van der Waals surface area contributed by atoms with Crippen LogP contribution >= 0.6 is 11.8 Å². The summed E-state index contributed by atoms with van der Waals surface area (Å²) >= 11 is 1.42. The van der Waals surface area contributed by atoms with Crippen LogP contribution in [-0.4, -0.2) is 30.6 Å². The summed E-state index contributed by atoms with van der Waals surface area (Å²) in [5.74, 6) is 0.933. The number of carbonyl (C=O) groups is 1. The van der Waals surface area contributed by atoms with Crippen LogP contribution in [0.3, 0.4) is 0 Å². The molecule has 1 N–H and O–H groups in total. The number of thioether (sulfide) groups is 1. The Kier molecular flexibility index (Phi) is 5.99. The normalized spacial score (nSPS) is 11.6. The van der Waals surface area contributed by atoms with Gasteiger partial charge in [-0.05, 0) is 57.2 Å². The van der Waals surface area contributed by atoms with Crippen molar-refractivity contribution in [3.63, 3.8) is 0 Å². The Hall–Kier alpha value is -3.26. The molecule has 4 aromatic rings. The first-order valence-corrected chi connectivity index (χ1v) is 11.0. The van der Waals surface area contributed by atoms with Gasteiger partial charge < -0.3 is 19.0 Å². The smallest absolute Gasteiger partial charge is 0.234 e. The van der Waals surface area contributed by atoms with Crippen LogP contribution in [0.1, 0.15) is 26.5 Å². The summed E-state index contributed by atoms with van der Waals surface area (Å²) in [6.07, 6.45) is 7.60. The fourth-order valence-corrected chi connectivity index (χ4v) is 4.02. The van der Waals surface area contributed by atoms with Crippen LogP contribution in [0.15, 0.2) is 72.4 Å². The van der Waals surface area contributed by atoms with Gasteiger partial charge in [0.25, 0.3) is 0 Å². The maximum Gasteiger partial charge on any atom is 0.234 e. The van der Waals surface area contributed by atoms with Crippen molar-refractivity contribution in [2.45, 2.75) is 38.1 Å². The van der Waals surface area contributed by atoms with E-state index >= 15 is 0 Å². The van der Waals surface area contributed by atoms with Gasteiger partial charge in [-0.1, -0.05) is 17.8 Å². The van der Waals surface area contributed by atoms with E-state index in [1.54, 1.807) is 6.20 Å². The zero-order valence-corrected chi connectivity index (χ0v) is 18.6. The third-order valence-corrected chi connectivity index (χ3v) is 5.57. The van der Waals surface area contributed by atoms with E-state index in [4.69, 9.17) is 4.74 Å². The Morgan fingerprint density at radius 2 is 1.94 bits per heavy atom. The van der Waals surface area contributed by atoms with Gasteiger partial charge in [0, 0.05) is 36.0 Å². The van der Waals surface area contributed by atoms with E-state index in [2.05, 4.69) is 40.6 Å². The number of nitrogens with zero attached hydrogens (tertiary/aromatic N) is 4. The lowest BCUT2D eigenvalue weighted by Gasteiger charge is -2.22. The predicted molar refractivity (Wildman–Crippen MR) is 123 cm³/mol. The predicted octanol–water partition coefficient (Wildman–Crippen LogP) is 4.60. The van der Waals surface area contributed by atoms with Crippen molar-refractivity contribution in [1.29, 1.82) is 0 Å². The second-order valence-corrected chi connectivity index (χ2v) is 9.04. The third-order valence-electron chi connectivity index (χ3n) is 4.60. The number of ether oxygens (including phenoxy) is 1. The first-order valence-electron chi connectivity index (χ1n) is 10.0. The number of fused-ring (bicyclic) bond motifs is 1. The number of pyridine rings is 1. The molecule has 8 heteroatoms. The molecular formula is C23H25N5O2S. The molecule has 0 spiro atoms. The van der Waals surface area contributed by atoms with Gasteiger partial charge in [0.2, 0.25) is 5.91 Å². The molecule has 1 aromatic carbocycles. The molecule has 0 fully saturated rings. The van der Waals surface area contributed by atoms with Crippen molar-refractivity contribution in [2.75, 3.05) is 11.1 Å². The zero-order valence-electron chi connectivity index (χ0n) is 17.8. The van der Waals surface area contributed by atoms with E-state index in [0.717, 1.165) is 27.9 Å². The van der Waals surface area contributed by atoms with E-state index in [9.17, 15) is 4.79 Å². The molecule has 0 aliphatic heterocycles. The summed E-state index contributed by atoms with van der Waals surface area (Å²) in [6.45, 7) is 6.71. The number of benzene rings is 1. The molecule has 0 aliphatic rings. The van der Waals surface area contributed by atoms with E-state index < -0.39 is 0 Å². The molecule has 1 amide bonds. The summed E-state index contributed by atoms with van der Waals surface area (Å²) < 4.78 is 9.85. The average molecular weight is 436 g/mol. The van der Waals surface area contributed by atoms with Gasteiger partial charge in [-0.25, -0.2) is 9.97 Å². The number of amides is 1. The lowest BCUT2D eigenvalue weighted by Crippen LogP contribution is -2.22. The van der Waals surface area contributed by atoms with Crippen LogP contribution in [0.5, 0.6) is 5.75 Å². The van der Waals surface area contributed by atoms with Crippen LogP contribution in [-0.2, 0) is 16.9 Å². The minimum Gasteiger partial charge on any atom is -0.487 e. The minimum atomic E-state index is -0.0770. The van der Waals surface area contributed by atoms with E-state index in [1.807, 2.05) is 65.5 Å². The summed E-state index contributed by atoms with van der Waals surface area (Å²) in [7, 11) is 0. The van der Waals surface area contributed by atoms with Gasteiger partial charge in [0.1, 0.15) is 18.0 Å². The van der Waals surface area contributed by atoms with Crippen LogP contribution in [0.2, 0.25) is 0 Å². The average Bonchev–Trinajstić information content (AvgIpc) is 3.38. The topological polar surface area (TPSA) is 73.5 Å². The van der Waals surface area contributed by atoms with Gasteiger partial charge in [0.15, 0.2) is 5.16 Å². The van der Waals surface area contributed by atoms with Gasteiger partial charge in [0.05, 0.1) is 11.4 Å². The monoisotopic (exact) mass is 435 g/mol. The molecule has 160 valence electrons. The summed E-state index contributed by atoms with van der Waals surface area (Å²) in [5, 5.41) is 3.75. The van der Waals surface area contributed by atoms with Gasteiger partial charge >= 0.3 is 0 Å². The maximum atomic E-state index is 12.3. The Morgan fingerprint density at radius 3 is 2.68 bits per heavy atom. The SMILES string of the molecule is CC(C)(C)n1ccnc1SCC(=O)Nc1ccc(OCc2cn3ccccc3n2)cc1. The largest absolute Gasteiger partial charge is 0.487 e. The molecule has 0 saturated carbocycles. The van der Waals surface area contributed by atoms with Gasteiger partial charge in [-0.3, -0.25) is 4.79 Å². The van der Waals surface area contributed by atoms with E-state index in [0.29, 0.717) is 12.4 Å². The quantitative estimate of drug-likeness (QED) is 0.430. The number of hydrogen-bond acceptors (Lipinski definition) is 5. The first-order chi connectivity index (χ1) is 14.9. The van der Waals surface area contributed by atoms with Crippen LogP contribution in [0.4, 0.5) is 5.69 Å². The first kappa shape index (κ1) is 21.0. The second-order valence-electron chi connectivity index (χ2n) is 8.10. The molecule has 0 aliphatic carbocycles. The number of carbonyl (C=O) groups excluding carboxylic acids is 1. The van der Waals surface area contributed by atoms with Crippen molar-refractivity contribution in [3.8, 4) is 5.75 Å². The number of anilines is 1. The number of aromatic nitrogens is 4. The third kappa shape index (κ3) is 5.27. The lowest BCUT2D eigenvalue weighted by molar-refractivity contribution is -0.113. The van der Waals surface area contributed by atoms with Crippen LogP contribution < -0.4 is 10.1 Å². The zero-order chi connectivity index (χ0) is 21.8. The highest BCUT2D eigenvalue weighted by Crippen LogP contribution is 2.24. The highest BCUT2D eigenvalue weighted by molar-refractivity contribution is 7.99. The highest BCUT2D eigenvalue weighted by atomic mass is 32.2. The van der Waals surface area contributed by atoms with Crippen molar-refractivity contribution >= 4 is 29.0 Å². The van der Waals surface area contributed by atoms with E-state index in [1.165, 1.54) is 11.8 Å². The number of rotatable bonds is 7. The summed E-state index contributed by atoms with van der Waals surface area (Å²) in [4.78, 5) is 21.2. The molecule has 4 rings (SSSR count). The van der Waals surface area contributed by atoms with Gasteiger partial charge in [-0.15, -0.1) is 0 Å². The molecule has 0 unspecified atom stereocenters. The molecule has 0 radical (unpaired) electrons. The standard InChI is InChI=1S/C23H25N5O2S/c1-23(2,3)28-13-11-24-22(28)31-16-21(29)26-17-7-9-19(10-8-17)30-15-18-14-27-12-5-4-6-20(27)25-18/h4-14H,15-16H2,1-3H3,(H,26,29). The number of hydrogen-bond donors (Lipinski definition) is 1. The summed E-state index contributed by atoms with van der Waals surface area (Å²) in [6, 6.07) is 13.2. The molecule has 3 aromatic heterocycles. The van der Waals surface area contributed by atoms with Crippen LogP contribution in [0.25, 0.3) is 5.65 Å². The number of nitrogens with one attached hydrogen (secondary N) is 1. The molecule has 0 saturated heterocycles. The fourth-order valence-electron chi connectivity index (χ4n) is 3.08. The minimum absolute atomic E-state index is 0.0750. The molecule has 0 bridgehead atoms. The van der Waals surface area contributed by atoms with Crippen molar-refractivity contribution in [2.24, 2.45) is 0 Å². The molecule has 3 heterocycles. The molecule has 31 heavy (non-hydrogen) atoms. The molecular weight excluding hydrogens is 410 g/mol. The molecule has 0 atom stereocenters. The Bertz CT molecular complexity index is 1140. The maximum absolute atomic E-state index is 12.3. The Labute approximate surface area is 185 Å². The lowest BCUT2D eigenvalue weighted by atomic mass is 10.1. The number of imidazole rings is 2.